The van der Waals surface area contributed by atoms with Gasteiger partial charge in [-0.1, -0.05) is 6.92 Å². The van der Waals surface area contributed by atoms with Crippen LogP contribution in [0.5, 0.6) is 0 Å². The van der Waals surface area contributed by atoms with Gasteiger partial charge in [0.15, 0.2) is 0 Å². The molecular formula is C14H23BrN2S. The zero-order valence-electron chi connectivity index (χ0n) is 11.3. The van der Waals surface area contributed by atoms with Gasteiger partial charge in [0.25, 0.3) is 0 Å². The Bertz CT molecular complexity index is 348. The Morgan fingerprint density at radius 3 is 3.00 bits per heavy atom. The molecule has 1 fully saturated rings. The number of thiophene rings is 1. The third-order valence-corrected chi connectivity index (χ3v) is 5.69. The van der Waals surface area contributed by atoms with Crippen LogP contribution in [0.15, 0.2) is 15.9 Å². The number of piperidine rings is 1. The second-order valence-electron chi connectivity index (χ2n) is 5.07. The van der Waals surface area contributed by atoms with Crippen molar-refractivity contribution in [3.05, 3.63) is 20.8 Å². The number of likely N-dealkylation sites (tertiary alicyclic amines) is 1. The van der Waals surface area contributed by atoms with Crippen LogP contribution in [0.1, 0.15) is 37.1 Å². The summed E-state index contributed by atoms with van der Waals surface area (Å²) in [4.78, 5) is 4.20. The van der Waals surface area contributed by atoms with Gasteiger partial charge in [-0.3, -0.25) is 4.90 Å². The van der Waals surface area contributed by atoms with E-state index in [0.717, 1.165) is 12.5 Å². The third kappa shape index (κ3) is 3.16. The zero-order valence-corrected chi connectivity index (χ0v) is 13.7. The van der Waals surface area contributed by atoms with Crippen LogP contribution < -0.4 is 5.32 Å². The van der Waals surface area contributed by atoms with Gasteiger partial charge in [0.2, 0.25) is 0 Å². The summed E-state index contributed by atoms with van der Waals surface area (Å²) < 4.78 is 1.29. The van der Waals surface area contributed by atoms with Crippen molar-refractivity contribution in [1.82, 2.24) is 10.2 Å². The lowest BCUT2D eigenvalue weighted by Crippen LogP contribution is -2.42. The van der Waals surface area contributed by atoms with Gasteiger partial charge < -0.3 is 5.32 Å². The molecule has 2 rings (SSSR count). The van der Waals surface area contributed by atoms with Gasteiger partial charge in [-0.2, -0.15) is 0 Å². The molecule has 2 unspecified atom stereocenters. The largest absolute Gasteiger partial charge is 0.319 e. The van der Waals surface area contributed by atoms with Crippen LogP contribution in [-0.4, -0.2) is 31.6 Å². The number of hydrogen-bond acceptors (Lipinski definition) is 3. The maximum absolute atomic E-state index is 3.72. The zero-order chi connectivity index (χ0) is 13.0. The maximum atomic E-state index is 3.72. The Morgan fingerprint density at radius 1 is 1.56 bits per heavy atom. The second-order valence-corrected chi connectivity index (χ2v) is 6.88. The summed E-state index contributed by atoms with van der Waals surface area (Å²) in [7, 11) is 2.07. The number of rotatable bonds is 5. The Kier molecular flexibility index (Phi) is 5.67. The van der Waals surface area contributed by atoms with Gasteiger partial charge in [0.1, 0.15) is 0 Å². The van der Waals surface area contributed by atoms with Crippen molar-refractivity contribution in [1.29, 1.82) is 0 Å². The molecular weight excluding hydrogens is 308 g/mol. The fourth-order valence-corrected chi connectivity index (χ4v) is 4.90. The fourth-order valence-electron chi connectivity index (χ4n) is 3.06. The van der Waals surface area contributed by atoms with E-state index in [9.17, 15) is 0 Å². The molecule has 2 nitrogen and oxygen atoms in total. The standard InChI is InChI=1S/C14H23BrN2S/c1-3-7-17-8-4-5-11(10-16-2)13(17)14-12(15)6-9-18-14/h6,9,11,13,16H,3-5,7-8,10H2,1-2H3. The summed E-state index contributed by atoms with van der Waals surface area (Å²) >= 11 is 5.62. The van der Waals surface area contributed by atoms with Crippen molar-refractivity contribution < 1.29 is 0 Å². The number of nitrogens with zero attached hydrogens (tertiary/aromatic N) is 1. The fraction of sp³-hybridized carbons (Fsp3) is 0.714. The minimum Gasteiger partial charge on any atom is -0.319 e. The Morgan fingerprint density at radius 2 is 2.39 bits per heavy atom. The van der Waals surface area contributed by atoms with Crippen LogP contribution >= 0.6 is 27.3 Å². The summed E-state index contributed by atoms with van der Waals surface area (Å²) in [5.41, 5.74) is 0. The van der Waals surface area contributed by atoms with Gasteiger partial charge in [-0.25, -0.2) is 0 Å². The van der Waals surface area contributed by atoms with Crippen molar-refractivity contribution in [3.63, 3.8) is 0 Å². The molecule has 0 bridgehead atoms. The number of halogens is 1. The van der Waals surface area contributed by atoms with Gasteiger partial charge in [0.05, 0.1) is 0 Å². The highest BCUT2D eigenvalue weighted by Crippen LogP contribution is 2.41. The molecule has 1 aromatic rings. The van der Waals surface area contributed by atoms with E-state index >= 15 is 0 Å². The molecule has 1 aromatic heterocycles. The molecule has 1 aliphatic rings. The van der Waals surface area contributed by atoms with E-state index in [2.05, 4.69) is 51.6 Å². The molecule has 0 radical (unpaired) electrons. The van der Waals surface area contributed by atoms with Crippen LogP contribution in [0, 0.1) is 5.92 Å². The Labute approximate surface area is 123 Å². The van der Waals surface area contributed by atoms with Crippen LogP contribution in [0.3, 0.4) is 0 Å². The second kappa shape index (κ2) is 7.04. The van der Waals surface area contributed by atoms with E-state index in [1.165, 1.54) is 41.7 Å². The summed E-state index contributed by atoms with van der Waals surface area (Å²) in [6, 6.07) is 2.79. The first-order valence-corrected chi connectivity index (χ1v) is 8.56. The molecule has 0 spiro atoms. The van der Waals surface area contributed by atoms with Crippen molar-refractivity contribution in [2.24, 2.45) is 5.92 Å². The molecule has 18 heavy (non-hydrogen) atoms. The molecule has 0 aromatic carbocycles. The monoisotopic (exact) mass is 330 g/mol. The lowest BCUT2D eigenvalue weighted by Gasteiger charge is -2.41. The first-order chi connectivity index (χ1) is 8.77. The molecule has 1 aliphatic heterocycles. The molecule has 2 atom stereocenters. The average Bonchev–Trinajstić information content (AvgIpc) is 2.77. The van der Waals surface area contributed by atoms with E-state index in [1.54, 1.807) is 0 Å². The predicted octanol–water partition coefficient (Wildman–Crippen LogP) is 3.89. The van der Waals surface area contributed by atoms with E-state index in [4.69, 9.17) is 0 Å². The van der Waals surface area contributed by atoms with Crippen molar-refractivity contribution in [3.8, 4) is 0 Å². The normalized spacial score (nSPS) is 25.5. The Balaban J connectivity index is 2.23. The topological polar surface area (TPSA) is 15.3 Å². The minimum absolute atomic E-state index is 0.598. The minimum atomic E-state index is 0.598. The first-order valence-electron chi connectivity index (χ1n) is 6.89. The van der Waals surface area contributed by atoms with Crippen LogP contribution in [0.25, 0.3) is 0 Å². The average molecular weight is 331 g/mol. The highest BCUT2D eigenvalue weighted by Gasteiger charge is 2.33. The SMILES string of the molecule is CCCN1CCCC(CNC)C1c1sccc1Br. The summed E-state index contributed by atoms with van der Waals surface area (Å²) in [5, 5.41) is 5.58. The van der Waals surface area contributed by atoms with Crippen LogP contribution in [0.2, 0.25) is 0 Å². The highest BCUT2D eigenvalue weighted by atomic mass is 79.9. The quantitative estimate of drug-likeness (QED) is 0.880. The van der Waals surface area contributed by atoms with Gasteiger partial charge in [-0.05, 0) is 79.2 Å². The van der Waals surface area contributed by atoms with E-state index in [-0.39, 0.29) is 0 Å². The molecule has 102 valence electrons. The molecule has 1 saturated heterocycles. The van der Waals surface area contributed by atoms with Gasteiger partial charge in [-0.15, -0.1) is 11.3 Å². The van der Waals surface area contributed by atoms with Gasteiger partial charge >= 0.3 is 0 Å². The molecule has 0 amide bonds. The van der Waals surface area contributed by atoms with Crippen LogP contribution in [0.4, 0.5) is 0 Å². The molecule has 0 aliphatic carbocycles. The molecule has 4 heteroatoms. The smallest absolute Gasteiger partial charge is 0.0493 e. The van der Waals surface area contributed by atoms with E-state index in [1.807, 2.05) is 11.3 Å². The van der Waals surface area contributed by atoms with Crippen molar-refractivity contribution in [2.75, 3.05) is 26.7 Å². The summed E-state index contributed by atoms with van der Waals surface area (Å²) in [6.07, 6.45) is 3.92. The molecule has 0 saturated carbocycles. The molecule has 2 heterocycles. The van der Waals surface area contributed by atoms with Gasteiger partial charge in [0, 0.05) is 15.4 Å². The number of hydrogen-bond donors (Lipinski definition) is 1. The molecule has 1 N–H and O–H groups in total. The van der Waals surface area contributed by atoms with Crippen molar-refractivity contribution in [2.45, 2.75) is 32.2 Å². The predicted molar refractivity (Wildman–Crippen MR) is 83.3 cm³/mol. The first kappa shape index (κ1) is 14.5. The Hall–Kier alpha value is 0.100. The van der Waals surface area contributed by atoms with E-state index < -0.39 is 0 Å². The summed E-state index contributed by atoms with van der Waals surface area (Å²) in [5.74, 6) is 0.741. The lowest BCUT2D eigenvalue weighted by atomic mass is 9.88. The lowest BCUT2D eigenvalue weighted by molar-refractivity contribution is 0.0944. The van der Waals surface area contributed by atoms with Crippen LogP contribution in [-0.2, 0) is 0 Å². The number of nitrogens with one attached hydrogen (secondary N) is 1. The third-order valence-electron chi connectivity index (χ3n) is 3.75. The highest BCUT2D eigenvalue weighted by molar-refractivity contribution is 9.10. The van der Waals surface area contributed by atoms with Crippen molar-refractivity contribution >= 4 is 27.3 Å². The maximum Gasteiger partial charge on any atom is 0.0493 e. The van der Waals surface area contributed by atoms with E-state index in [0.29, 0.717) is 6.04 Å². The summed E-state index contributed by atoms with van der Waals surface area (Å²) in [6.45, 7) is 5.87.